The van der Waals surface area contributed by atoms with E-state index in [0.29, 0.717) is 23.0 Å². The van der Waals surface area contributed by atoms with Crippen molar-refractivity contribution in [1.29, 1.82) is 0 Å². The van der Waals surface area contributed by atoms with E-state index in [4.69, 9.17) is 17.0 Å². The van der Waals surface area contributed by atoms with Gasteiger partial charge >= 0.3 is 0 Å². The second kappa shape index (κ2) is 10.3. The molecule has 132 valence electrons. The zero-order chi connectivity index (χ0) is 17.9. The van der Waals surface area contributed by atoms with E-state index >= 15 is 0 Å². The van der Waals surface area contributed by atoms with Crippen molar-refractivity contribution in [1.82, 2.24) is 10.7 Å². The highest BCUT2D eigenvalue weighted by Gasteiger charge is 2.01. The van der Waals surface area contributed by atoms with Crippen LogP contribution in [0.25, 0.3) is 0 Å². The number of phenolic OH excluding ortho intramolecular Hbond substituents is 1. The maximum Gasteiger partial charge on any atom is 0.186 e. The van der Waals surface area contributed by atoms with Gasteiger partial charge in [0.15, 0.2) is 5.11 Å². The molecule has 0 amide bonds. The molecule has 0 saturated carbocycles. The van der Waals surface area contributed by atoms with E-state index in [1.54, 1.807) is 18.2 Å². The summed E-state index contributed by atoms with van der Waals surface area (Å²) < 4.78 is 5.46. The normalized spacial score (nSPS) is 10.6. The zero-order valence-electron chi connectivity index (χ0n) is 14.2. The molecule has 0 aromatic heterocycles. The van der Waals surface area contributed by atoms with Crippen LogP contribution in [0.3, 0.4) is 0 Å². The molecule has 6 heteroatoms. The second-order valence-electron chi connectivity index (χ2n) is 5.43. The average molecular weight is 357 g/mol. The van der Waals surface area contributed by atoms with E-state index in [9.17, 15) is 5.11 Å². The lowest BCUT2D eigenvalue weighted by Gasteiger charge is -2.08. The Kier molecular flexibility index (Phi) is 7.72. The minimum Gasteiger partial charge on any atom is -0.507 e. The molecule has 0 aliphatic heterocycles. The molecule has 0 radical (unpaired) electrons. The molecule has 0 saturated heterocycles. The minimum atomic E-state index is 0.113. The summed E-state index contributed by atoms with van der Waals surface area (Å²) in [5, 5.41) is 17.5. The summed E-state index contributed by atoms with van der Waals surface area (Å²) in [7, 11) is 0. The Hall–Kier alpha value is -2.60. The van der Waals surface area contributed by atoms with Gasteiger partial charge in [-0.3, -0.25) is 5.43 Å². The molecule has 0 aliphatic rings. The number of nitrogens with one attached hydrogen (secondary N) is 2. The van der Waals surface area contributed by atoms with Gasteiger partial charge in [0.25, 0.3) is 0 Å². The van der Waals surface area contributed by atoms with Gasteiger partial charge in [-0.05, 0) is 42.8 Å². The van der Waals surface area contributed by atoms with Crippen molar-refractivity contribution in [2.45, 2.75) is 19.8 Å². The van der Waals surface area contributed by atoms with Crippen LogP contribution in [0.5, 0.6) is 11.5 Å². The van der Waals surface area contributed by atoms with E-state index in [1.807, 2.05) is 25.1 Å². The van der Waals surface area contributed by atoms with Crippen molar-refractivity contribution < 1.29 is 9.84 Å². The maximum atomic E-state index is 9.98. The molecule has 2 aromatic rings. The van der Waals surface area contributed by atoms with Gasteiger partial charge in [-0.15, -0.1) is 0 Å². The smallest absolute Gasteiger partial charge is 0.186 e. The highest BCUT2D eigenvalue weighted by Crippen LogP contribution is 2.22. The van der Waals surface area contributed by atoms with Gasteiger partial charge in [-0.1, -0.05) is 37.3 Å². The number of rotatable bonds is 8. The summed E-state index contributed by atoms with van der Waals surface area (Å²) in [5.41, 5.74) is 4.57. The molecule has 0 fully saturated rings. The van der Waals surface area contributed by atoms with Gasteiger partial charge in [0.1, 0.15) is 11.5 Å². The van der Waals surface area contributed by atoms with Crippen LogP contribution >= 0.6 is 12.2 Å². The van der Waals surface area contributed by atoms with Crippen molar-refractivity contribution in [2.24, 2.45) is 5.10 Å². The lowest BCUT2D eigenvalue weighted by molar-refractivity contribution is 0.315. The van der Waals surface area contributed by atoms with Gasteiger partial charge in [-0.25, -0.2) is 0 Å². The summed E-state index contributed by atoms with van der Waals surface area (Å²) in [5.74, 6) is 0.754. The molecule has 0 spiro atoms. The number of phenols is 1. The number of ether oxygens (including phenoxy) is 1. The topological polar surface area (TPSA) is 65.9 Å². The minimum absolute atomic E-state index is 0.113. The zero-order valence-corrected chi connectivity index (χ0v) is 15.1. The molecule has 25 heavy (non-hydrogen) atoms. The molecule has 0 aliphatic carbocycles. The summed E-state index contributed by atoms with van der Waals surface area (Å²) in [4.78, 5) is 0. The van der Waals surface area contributed by atoms with E-state index < -0.39 is 0 Å². The fourth-order valence-electron chi connectivity index (χ4n) is 2.11. The molecular weight excluding hydrogens is 334 g/mol. The van der Waals surface area contributed by atoms with E-state index in [0.717, 1.165) is 19.4 Å². The number of nitrogens with zero attached hydrogens (tertiary/aromatic N) is 1. The van der Waals surface area contributed by atoms with Crippen LogP contribution in [0.4, 0.5) is 0 Å². The first kappa shape index (κ1) is 18.7. The molecule has 2 aromatic carbocycles. The summed E-state index contributed by atoms with van der Waals surface area (Å²) in [6.07, 6.45) is 3.32. The number of hydrazone groups is 1. The number of hydrogen-bond acceptors (Lipinski definition) is 4. The van der Waals surface area contributed by atoms with Crippen LogP contribution in [0.1, 0.15) is 24.5 Å². The first-order chi connectivity index (χ1) is 12.2. The predicted octanol–water partition coefficient (Wildman–Crippen LogP) is 3.22. The fourth-order valence-corrected chi connectivity index (χ4v) is 2.26. The number of benzene rings is 2. The van der Waals surface area contributed by atoms with Crippen LogP contribution in [0.2, 0.25) is 0 Å². The molecule has 2 rings (SSSR count). The molecule has 3 N–H and O–H groups in total. The van der Waals surface area contributed by atoms with Crippen molar-refractivity contribution >= 4 is 23.5 Å². The lowest BCUT2D eigenvalue weighted by Crippen LogP contribution is -2.33. The maximum absolute atomic E-state index is 9.98. The Morgan fingerprint density at radius 3 is 2.76 bits per heavy atom. The van der Waals surface area contributed by atoms with Gasteiger partial charge < -0.3 is 15.2 Å². The van der Waals surface area contributed by atoms with Crippen molar-refractivity contribution in [3.05, 3.63) is 59.7 Å². The summed E-state index contributed by atoms with van der Waals surface area (Å²) in [6, 6.07) is 15.3. The van der Waals surface area contributed by atoms with Crippen molar-refractivity contribution in [2.75, 3.05) is 13.2 Å². The molecule has 0 unspecified atom stereocenters. The van der Waals surface area contributed by atoms with Gasteiger partial charge in [0.2, 0.25) is 0 Å². The Labute approximate surface area is 153 Å². The standard InChI is InChI=1S/C19H23N3O2S/c1-2-12-24-17-9-8-16(18(23)13-17)14-21-22-19(25)20-11-10-15-6-4-3-5-7-15/h3-9,13-14,23H,2,10-12H2,1H3,(H2,20,22,25). The average Bonchev–Trinajstić information content (AvgIpc) is 2.62. The molecule has 0 atom stereocenters. The van der Waals surface area contributed by atoms with Crippen LogP contribution in [0, 0.1) is 0 Å². The van der Waals surface area contributed by atoms with E-state index in [1.165, 1.54) is 11.8 Å². The van der Waals surface area contributed by atoms with Gasteiger partial charge in [-0.2, -0.15) is 5.10 Å². The predicted molar refractivity (Wildman–Crippen MR) is 105 cm³/mol. The third-order valence-corrected chi connectivity index (χ3v) is 3.62. The van der Waals surface area contributed by atoms with Gasteiger partial charge in [0.05, 0.1) is 12.8 Å². The van der Waals surface area contributed by atoms with E-state index in [-0.39, 0.29) is 5.75 Å². The third kappa shape index (κ3) is 6.81. The Morgan fingerprint density at radius 1 is 1.24 bits per heavy atom. The summed E-state index contributed by atoms with van der Waals surface area (Å²) in [6.45, 7) is 3.38. The Morgan fingerprint density at radius 2 is 2.04 bits per heavy atom. The fraction of sp³-hybridized carbons (Fsp3) is 0.263. The Balaban J connectivity index is 1.75. The number of thiocarbonyl (C=S) groups is 1. The SMILES string of the molecule is CCCOc1ccc(C=NNC(=S)NCCc2ccccc2)c(O)c1. The van der Waals surface area contributed by atoms with Crippen molar-refractivity contribution in [3.8, 4) is 11.5 Å². The van der Waals surface area contributed by atoms with Gasteiger partial charge in [0, 0.05) is 18.2 Å². The van der Waals surface area contributed by atoms with Crippen LogP contribution in [-0.4, -0.2) is 29.6 Å². The molecule has 5 nitrogen and oxygen atoms in total. The first-order valence-electron chi connectivity index (χ1n) is 8.25. The summed E-state index contributed by atoms with van der Waals surface area (Å²) >= 11 is 5.17. The monoisotopic (exact) mass is 357 g/mol. The number of aromatic hydroxyl groups is 1. The molecule has 0 bridgehead atoms. The molecular formula is C19H23N3O2S. The molecule has 0 heterocycles. The Bertz CT molecular complexity index is 705. The van der Waals surface area contributed by atoms with Crippen LogP contribution in [-0.2, 0) is 6.42 Å². The third-order valence-electron chi connectivity index (χ3n) is 3.39. The highest BCUT2D eigenvalue weighted by molar-refractivity contribution is 7.80. The lowest BCUT2D eigenvalue weighted by atomic mass is 10.1. The first-order valence-corrected chi connectivity index (χ1v) is 8.66. The van der Waals surface area contributed by atoms with Crippen molar-refractivity contribution in [3.63, 3.8) is 0 Å². The van der Waals surface area contributed by atoms with Crippen LogP contribution < -0.4 is 15.5 Å². The number of hydrogen-bond donors (Lipinski definition) is 3. The highest BCUT2D eigenvalue weighted by atomic mass is 32.1. The quantitative estimate of drug-likeness (QED) is 0.385. The second-order valence-corrected chi connectivity index (χ2v) is 5.84. The van der Waals surface area contributed by atoms with Crippen LogP contribution in [0.15, 0.2) is 53.6 Å². The van der Waals surface area contributed by atoms with E-state index in [2.05, 4.69) is 28.0 Å². The largest absolute Gasteiger partial charge is 0.507 e.